The molecule has 3 aliphatic rings. The summed E-state index contributed by atoms with van der Waals surface area (Å²) in [5.41, 5.74) is 6.41. The molecule has 4 aromatic carbocycles. The van der Waals surface area contributed by atoms with E-state index in [1.54, 1.807) is 22.3 Å². The van der Waals surface area contributed by atoms with Gasteiger partial charge in [0.05, 0.1) is 0 Å². The molecule has 0 heterocycles. The Morgan fingerprint density at radius 1 is 0.464 bits per heavy atom. The van der Waals surface area contributed by atoms with Gasteiger partial charge in [0.25, 0.3) is 0 Å². The van der Waals surface area contributed by atoms with Crippen LogP contribution in [0.25, 0.3) is 21.5 Å². The van der Waals surface area contributed by atoms with Crippen LogP contribution in [0.1, 0.15) is 71.6 Å². The molecule has 136 valence electrons. The summed E-state index contributed by atoms with van der Waals surface area (Å²) in [6.45, 7) is 0. The number of hydrogen-bond acceptors (Lipinski definition) is 0. The maximum Gasteiger partial charge on any atom is -0.00864 e. The highest BCUT2D eigenvalue weighted by molar-refractivity contribution is 5.90. The molecular weight excluding hydrogens is 336 g/mol. The largest absolute Gasteiger partial charge is 0.0616 e. The first-order valence-electron chi connectivity index (χ1n) is 10.9. The molecule has 0 spiro atoms. The molecule has 4 bridgehead atoms. The third kappa shape index (κ3) is 1.96. The minimum absolute atomic E-state index is 0.667. The molecule has 3 aliphatic carbocycles. The lowest BCUT2D eigenvalue weighted by atomic mass is 9.60. The summed E-state index contributed by atoms with van der Waals surface area (Å²) >= 11 is 0. The van der Waals surface area contributed by atoms with E-state index in [-0.39, 0.29) is 0 Å². The average molecular weight is 361 g/mol. The lowest BCUT2D eigenvalue weighted by molar-refractivity contribution is 0.332. The summed E-state index contributed by atoms with van der Waals surface area (Å²) in [5, 5.41) is 5.86. The lowest BCUT2D eigenvalue weighted by Gasteiger charge is -2.43. The molecule has 0 amide bonds. The van der Waals surface area contributed by atoms with Crippen LogP contribution in [0.15, 0.2) is 72.8 Å². The second kappa shape index (κ2) is 5.47. The van der Waals surface area contributed by atoms with Crippen LogP contribution in [0.5, 0.6) is 0 Å². The van der Waals surface area contributed by atoms with Crippen molar-refractivity contribution in [2.24, 2.45) is 0 Å². The fourth-order valence-electron chi connectivity index (χ4n) is 6.31. The van der Waals surface area contributed by atoms with Crippen molar-refractivity contribution in [2.45, 2.75) is 49.4 Å². The summed E-state index contributed by atoms with van der Waals surface area (Å²) in [6, 6.07) is 28.4. The van der Waals surface area contributed by atoms with Crippen LogP contribution in [0, 0.1) is 0 Å². The Labute approximate surface area is 166 Å². The SMILES string of the molecule is c1ccc2c3cc(cc2c1)[C@H]1CC[C@H]1c1cc(c2ccccc2c1)[C@@H]1CC[C@H]31. The first-order valence-corrected chi connectivity index (χ1v) is 10.9. The fraction of sp³-hybridized carbons (Fsp3) is 0.286. The summed E-state index contributed by atoms with van der Waals surface area (Å²) in [7, 11) is 0. The van der Waals surface area contributed by atoms with Gasteiger partial charge in [0.1, 0.15) is 0 Å². The zero-order chi connectivity index (χ0) is 18.2. The van der Waals surface area contributed by atoms with Crippen molar-refractivity contribution in [3.05, 3.63) is 95.1 Å². The van der Waals surface area contributed by atoms with Crippen LogP contribution < -0.4 is 0 Å². The van der Waals surface area contributed by atoms with Crippen molar-refractivity contribution in [1.29, 1.82) is 0 Å². The van der Waals surface area contributed by atoms with Gasteiger partial charge in [0.2, 0.25) is 0 Å². The maximum absolute atomic E-state index is 2.60. The Hall–Kier alpha value is -2.60. The van der Waals surface area contributed by atoms with Crippen molar-refractivity contribution in [1.82, 2.24) is 0 Å². The van der Waals surface area contributed by atoms with Crippen LogP contribution in [0.4, 0.5) is 0 Å². The molecular formula is C28H24. The van der Waals surface area contributed by atoms with Crippen LogP contribution >= 0.6 is 0 Å². The van der Waals surface area contributed by atoms with E-state index in [0.717, 1.165) is 0 Å². The average Bonchev–Trinajstić information content (AvgIpc) is 2.66. The molecule has 0 heteroatoms. The third-order valence-corrected chi connectivity index (χ3v) is 8.04. The highest BCUT2D eigenvalue weighted by atomic mass is 14.4. The summed E-state index contributed by atoms with van der Waals surface area (Å²) < 4.78 is 0. The van der Waals surface area contributed by atoms with E-state index in [9.17, 15) is 0 Å². The van der Waals surface area contributed by atoms with Gasteiger partial charge in [-0.2, -0.15) is 0 Å². The van der Waals surface area contributed by atoms with Crippen molar-refractivity contribution in [2.75, 3.05) is 0 Å². The smallest absolute Gasteiger partial charge is 0.00864 e. The molecule has 4 atom stereocenters. The zero-order valence-electron chi connectivity index (χ0n) is 16.1. The maximum atomic E-state index is 2.60. The van der Waals surface area contributed by atoms with Crippen molar-refractivity contribution >= 4 is 21.5 Å². The van der Waals surface area contributed by atoms with Gasteiger partial charge in [-0.05, 0) is 93.2 Å². The highest BCUT2D eigenvalue weighted by Crippen LogP contribution is 2.57. The molecule has 7 rings (SSSR count). The molecule has 4 aromatic rings. The second-order valence-corrected chi connectivity index (χ2v) is 9.24. The number of benzene rings is 4. The van der Waals surface area contributed by atoms with Gasteiger partial charge in [-0.3, -0.25) is 0 Å². The fourth-order valence-corrected chi connectivity index (χ4v) is 6.31. The summed E-state index contributed by atoms with van der Waals surface area (Å²) in [5.74, 6) is 2.71. The van der Waals surface area contributed by atoms with Crippen LogP contribution in [0.2, 0.25) is 0 Å². The number of hydrogen-bond donors (Lipinski definition) is 0. The van der Waals surface area contributed by atoms with Gasteiger partial charge < -0.3 is 0 Å². The monoisotopic (exact) mass is 360 g/mol. The number of rotatable bonds is 0. The predicted molar refractivity (Wildman–Crippen MR) is 117 cm³/mol. The first-order chi connectivity index (χ1) is 13.9. The molecule has 0 aromatic heterocycles. The van der Waals surface area contributed by atoms with Crippen LogP contribution in [-0.2, 0) is 0 Å². The molecule has 0 nitrogen and oxygen atoms in total. The predicted octanol–water partition coefficient (Wildman–Crippen LogP) is 7.63. The number of fused-ring (bicyclic) bond motifs is 14. The molecule has 2 saturated carbocycles. The second-order valence-electron chi connectivity index (χ2n) is 9.24. The van der Waals surface area contributed by atoms with Crippen LogP contribution in [-0.4, -0.2) is 0 Å². The van der Waals surface area contributed by atoms with E-state index in [1.807, 2.05) is 0 Å². The van der Waals surface area contributed by atoms with Crippen molar-refractivity contribution < 1.29 is 0 Å². The zero-order valence-corrected chi connectivity index (χ0v) is 16.1. The van der Waals surface area contributed by atoms with E-state index >= 15 is 0 Å². The van der Waals surface area contributed by atoms with Crippen molar-refractivity contribution in [3.8, 4) is 0 Å². The summed E-state index contributed by atoms with van der Waals surface area (Å²) in [4.78, 5) is 0. The third-order valence-electron chi connectivity index (χ3n) is 8.04. The van der Waals surface area contributed by atoms with Gasteiger partial charge in [-0.1, -0.05) is 72.8 Å². The summed E-state index contributed by atoms with van der Waals surface area (Å²) in [6.07, 6.45) is 5.31. The molecule has 28 heavy (non-hydrogen) atoms. The van der Waals surface area contributed by atoms with Crippen LogP contribution in [0.3, 0.4) is 0 Å². The Bertz CT molecular complexity index is 1150. The van der Waals surface area contributed by atoms with Gasteiger partial charge in [0, 0.05) is 0 Å². The minimum Gasteiger partial charge on any atom is -0.0616 e. The van der Waals surface area contributed by atoms with E-state index in [1.165, 1.54) is 47.2 Å². The standard InChI is InChI=1S/C28H24/c1-3-7-21-17(5-1)13-19-15-27(21)25-11-12-26(25)28-16-20(24-10-9-23(19)24)14-18-6-2-4-8-22(18)28/h1-8,13-16,23-26H,9-12H2/t23-,24+,25+,26-. The first kappa shape index (κ1) is 15.3. The minimum atomic E-state index is 0.667. The van der Waals surface area contributed by atoms with E-state index < -0.39 is 0 Å². The van der Waals surface area contributed by atoms with Gasteiger partial charge in [-0.25, -0.2) is 0 Å². The Kier molecular flexibility index (Phi) is 3.00. The molecule has 0 radical (unpaired) electrons. The topological polar surface area (TPSA) is 0 Å². The van der Waals surface area contributed by atoms with E-state index in [2.05, 4.69) is 72.8 Å². The molecule has 0 aliphatic heterocycles. The van der Waals surface area contributed by atoms with Gasteiger partial charge >= 0.3 is 0 Å². The molecule has 2 fully saturated rings. The Morgan fingerprint density at radius 2 is 0.893 bits per heavy atom. The van der Waals surface area contributed by atoms with Gasteiger partial charge in [0.15, 0.2) is 0 Å². The van der Waals surface area contributed by atoms with Gasteiger partial charge in [-0.15, -0.1) is 0 Å². The molecule has 0 unspecified atom stereocenters. The highest BCUT2D eigenvalue weighted by Gasteiger charge is 2.40. The van der Waals surface area contributed by atoms with E-state index in [0.29, 0.717) is 23.7 Å². The normalized spacial score (nSPS) is 27.4. The van der Waals surface area contributed by atoms with E-state index in [4.69, 9.17) is 0 Å². The molecule has 0 N–H and O–H groups in total. The Balaban J connectivity index is 1.55. The lowest BCUT2D eigenvalue weighted by Crippen LogP contribution is -2.27. The molecule has 0 saturated heterocycles. The quantitative estimate of drug-likeness (QED) is 0.302. The Morgan fingerprint density at radius 3 is 1.32 bits per heavy atom. The van der Waals surface area contributed by atoms with Crippen molar-refractivity contribution in [3.63, 3.8) is 0 Å².